The number of aromatic nitrogens is 2. The minimum absolute atomic E-state index is 0.168. The van der Waals surface area contributed by atoms with Gasteiger partial charge in [-0.1, -0.05) is 30.3 Å². The molecule has 0 fully saturated rings. The van der Waals surface area contributed by atoms with E-state index in [1.807, 2.05) is 36.4 Å². The minimum atomic E-state index is -0.475. The van der Waals surface area contributed by atoms with E-state index in [9.17, 15) is 9.59 Å². The first kappa shape index (κ1) is 19.4. The van der Waals surface area contributed by atoms with E-state index in [2.05, 4.69) is 5.32 Å². The summed E-state index contributed by atoms with van der Waals surface area (Å²) in [6.07, 6.45) is 0. The second kappa shape index (κ2) is 7.47. The summed E-state index contributed by atoms with van der Waals surface area (Å²) in [5, 5.41) is 3.48. The summed E-state index contributed by atoms with van der Waals surface area (Å²) in [6.45, 7) is 0. The molecule has 0 unspecified atom stereocenters. The summed E-state index contributed by atoms with van der Waals surface area (Å²) in [5.74, 6) is 1.28. The number of rotatable bonds is 5. The van der Waals surface area contributed by atoms with Crippen LogP contribution in [0, 0.1) is 0 Å². The number of hydrogen-bond acceptors (Lipinski definition) is 6. The van der Waals surface area contributed by atoms with Gasteiger partial charge in [-0.15, -0.1) is 0 Å². The Morgan fingerprint density at radius 3 is 2.30 bits per heavy atom. The third kappa shape index (κ3) is 2.93. The molecule has 30 heavy (non-hydrogen) atoms. The number of methoxy groups -OCH3 is 2. The van der Waals surface area contributed by atoms with Gasteiger partial charge in [0, 0.05) is 25.3 Å². The number of furan rings is 1. The van der Waals surface area contributed by atoms with E-state index >= 15 is 0 Å². The monoisotopic (exact) mass is 407 g/mol. The van der Waals surface area contributed by atoms with Crippen molar-refractivity contribution in [3.8, 4) is 22.6 Å². The standard InChI is InChI=1S/C22H21N3O5/c1-24-20(26)17-16(14-11-8-12-15(28-3)18(14)29-4)19(23-13-9-6-5-7-10-13)30-21(17)25(2)22(24)27/h5-12,23H,1-4H3. The van der Waals surface area contributed by atoms with Gasteiger partial charge < -0.3 is 19.2 Å². The average Bonchev–Trinajstić information content (AvgIpc) is 3.15. The predicted molar refractivity (Wildman–Crippen MR) is 115 cm³/mol. The van der Waals surface area contributed by atoms with Crippen molar-refractivity contribution in [3.63, 3.8) is 0 Å². The predicted octanol–water partition coefficient (Wildman–Crippen LogP) is 3.26. The minimum Gasteiger partial charge on any atom is -0.493 e. The van der Waals surface area contributed by atoms with Crippen molar-refractivity contribution in [1.29, 1.82) is 0 Å². The number of aryl methyl sites for hydroxylation is 1. The number of nitrogens with zero attached hydrogens (tertiary/aromatic N) is 2. The maximum Gasteiger partial charge on any atom is 0.333 e. The van der Waals surface area contributed by atoms with Crippen LogP contribution in [0.2, 0.25) is 0 Å². The van der Waals surface area contributed by atoms with E-state index in [1.165, 1.54) is 18.7 Å². The van der Waals surface area contributed by atoms with Gasteiger partial charge in [-0.05, 0) is 18.2 Å². The third-order valence-electron chi connectivity index (χ3n) is 4.99. The zero-order valence-electron chi connectivity index (χ0n) is 17.1. The zero-order chi connectivity index (χ0) is 21.4. The summed E-state index contributed by atoms with van der Waals surface area (Å²) >= 11 is 0. The molecule has 2 aromatic carbocycles. The van der Waals surface area contributed by atoms with Crippen molar-refractivity contribution in [2.45, 2.75) is 0 Å². The molecule has 2 heterocycles. The molecule has 0 amide bonds. The number of ether oxygens (including phenoxy) is 2. The number of para-hydroxylation sites is 2. The molecule has 2 aromatic heterocycles. The Balaban J connectivity index is 2.13. The highest BCUT2D eigenvalue weighted by Gasteiger charge is 2.26. The van der Waals surface area contributed by atoms with Crippen LogP contribution in [-0.4, -0.2) is 23.4 Å². The molecular weight excluding hydrogens is 386 g/mol. The van der Waals surface area contributed by atoms with Gasteiger partial charge in [-0.2, -0.15) is 0 Å². The largest absolute Gasteiger partial charge is 0.493 e. The summed E-state index contributed by atoms with van der Waals surface area (Å²) in [5.41, 5.74) is 1.09. The Morgan fingerprint density at radius 1 is 0.900 bits per heavy atom. The number of fused-ring (bicyclic) bond motifs is 1. The quantitative estimate of drug-likeness (QED) is 0.546. The van der Waals surface area contributed by atoms with Crippen molar-refractivity contribution in [2.24, 2.45) is 14.1 Å². The topological polar surface area (TPSA) is 87.6 Å². The molecule has 4 aromatic rings. The first-order valence-electron chi connectivity index (χ1n) is 9.23. The summed E-state index contributed by atoms with van der Waals surface area (Å²) in [6, 6.07) is 14.8. The van der Waals surface area contributed by atoms with Gasteiger partial charge >= 0.3 is 5.69 Å². The average molecular weight is 407 g/mol. The van der Waals surface area contributed by atoms with Crippen LogP contribution in [0.15, 0.2) is 62.5 Å². The highest BCUT2D eigenvalue weighted by Crippen LogP contribution is 2.45. The lowest BCUT2D eigenvalue weighted by Gasteiger charge is -2.13. The molecule has 0 bridgehead atoms. The van der Waals surface area contributed by atoms with Gasteiger partial charge in [0.1, 0.15) is 5.39 Å². The molecule has 1 N–H and O–H groups in total. The molecule has 0 aliphatic carbocycles. The lowest BCUT2D eigenvalue weighted by molar-refractivity contribution is 0.356. The molecule has 0 saturated carbocycles. The van der Waals surface area contributed by atoms with Crippen molar-refractivity contribution < 1.29 is 13.9 Å². The van der Waals surface area contributed by atoms with Crippen molar-refractivity contribution >= 4 is 22.7 Å². The third-order valence-corrected chi connectivity index (χ3v) is 4.99. The molecule has 0 atom stereocenters. The number of anilines is 2. The molecule has 0 radical (unpaired) electrons. The number of nitrogens with one attached hydrogen (secondary N) is 1. The maximum absolute atomic E-state index is 13.1. The van der Waals surface area contributed by atoms with Gasteiger partial charge in [0.05, 0.1) is 19.8 Å². The molecule has 0 spiro atoms. The van der Waals surface area contributed by atoms with Crippen LogP contribution in [0.3, 0.4) is 0 Å². The Morgan fingerprint density at radius 2 is 1.63 bits per heavy atom. The number of benzene rings is 2. The van der Waals surface area contributed by atoms with Crippen molar-refractivity contribution in [2.75, 3.05) is 19.5 Å². The highest BCUT2D eigenvalue weighted by molar-refractivity contribution is 6.01. The molecule has 154 valence electrons. The second-order valence-electron chi connectivity index (χ2n) is 6.72. The van der Waals surface area contributed by atoms with Crippen LogP contribution >= 0.6 is 0 Å². The van der Waals surface area contributed by atoms with Crippen molar-refractivity contribution in [3.05, 3.63) is 69.4 Å². The molecule has 8 heteroatoms. The van der Waals surface area contributed by atoms with Gasteiger partial charge in [-0.25, -0.2) is 4.79 Å². The van der Waals surface area contributed by atoms with E-state index in [1.54, 1.807) is 26.3 Å². The Hall–Kier alpha value is -3.94. The summed E-state index contributed by atoms with van der Waals surface area (Å²) < 4.78 is 19.4. The SMILES string of the molecule is COc1cccc(-c2c(Nc3ccccc3)oc3c2c(=O)n(C)c(=O)n3C)c1OC. The summed E-state index contributed by atoms with van der Waals surface area (Å²) in [7, 11) is 6.07. The first-order valence-corrected chi connectivity index (χ1v) is 9.23. The first-order chi connectivity index (χ1) is 14.5. The Kier molecular flexibility index (Phi) is 4.83. The lowest BCUT2D eigenvalue weighted by atomic mass is 10.0. The van der Waals surface area contributed by atoms with Crippen LogP contribution in [0.1, 0.15) is 0 Å². The van der Waals surface area contributed by atoms with E-state index < -0.39 is 11.2 Å². The van der Waals surface area contributed by atoms with Gasteiger partial charge in [0.2, 0.25) is 11.6 Å². The van der Waals surface area contributed by atoms with Crippen LogP contribution in [0.25, 0.3) is 22.2 Å². The molecule has 4 rings (SSSR count). The number of hydrogen-bond donors (Lipinski definition) is 1. The van der Waals surface area contributed by atoms with Gasteiger partial charge in [0.15, 0.2) is 11.5 Å². The van der Waals surface area contributed by atoms with Crippen LogP contribution < -0.4 is 26.0 Å². The second-order valence-corrected chi connectivity index (χ2v) is 6.72. The Bertz CT molecular complexity index is 1350. The van der Waals surface area contributed by atoms with Crippen LogP contribution in [0.4, 0.5) is 11.6 Å². The molecule has 0 saturated heterocycles. The lowest BCUT2D eigenvalue weighted by Crippen LogP contribution is -2.36. The van der Waals surface area contributed by atoms with Gasteiger partial charge in [-0.3, -0.25) is 13.9 Å². The highest BCUT2D eigenvalue weighted by atomic mass is 16.5. The summed E-state index contributed by atoms with van der Waals surface area (Å²) in [4.78, 5) is 25.5. The normalized spacial score (nSPS) is 10.9. The van der Waals surface area contributed by atoms with E-state index in [-0.39, 0.29) is 11.1 Å². The molecule has 0 aliphatic rings. The fraction of sp³-hybridized carbons (Fsp3) is 0.182. The fourth-order valence-corrected chi connectivity index (χ4v) is 3.50. The smallest absolute Gasteiger partial charge is 0.333 e. The molecule has 0 aliphatic heterocycles. The Labute approximate surface area is 171 Å². The van der Waals surface area contributed by atoms with Gasteiger partial charge in [0.25, 0.3) is 5.56 Å². The zero-order valence-corrected chi connectivity index (χ0v) is 17.1. The van der Waals surface area contributed by atoms with Crippen LogP contribution in [0.5, 0.6) is 11.5 Å². The van der Waals surface area contributed by atoms with E-state index in [0.29, 0.717) is 28.5 Å². The fourth-order valence-electron chi connectivity index (χ4n) is 3.50. The van der Waals surface area contributed by atoms with Crippen LogP contribution in [-0.2, 0) is 14.1 Å². The molecular formula is C22H21N3O5. The maximum atomic E-state index is 13.1. The van der Waals surface area contributed by atoms with E-state index in [4.69, 9.17) is 13.9 Å². The van der Waals surface area contributed by atoms with E-state index in [0.717, 1.165) is 10.3 Å². The molecule has 8 nitrogen and oxygen atoms in total. The van der Waals surface area contributed by atoms with Crippen molar-refractivity contribution in [1.82, 2.24) is 9.13 Å².